The number of thiazole rings is 1. The molecule has 0 aliphatic rings. The second kappa shape index (κ2) is 8.81. The number of aromatic nitrogens is 3. The van der Waals surface area contributed by atoms with Gasteiger partial charge < -0.3 is 10.8 Å². The number of nitrogens with zero attached hydrogens (tertiary/aromatic N) is 3. The maximum atomic E-state index is 12.8. The van der Waals surface area contributed by atoms with Gasteiger partial charge in [-0.05, 0) is 23.8 Å². The summed E-state index contributed by atoms with van der Waals surface area (Å²) in [5, 5.41) is 13.8. The zero-order valence-corrected chi connectivity index (χ0v) is 17.2. The van der Waals surface area contributed by atoms with Gasteiger partial charge >= 0.3 is 5.97 Å². The highest BCUT2D eigenvalue weighted by Gasteiger charge is 2.23. The van der Waals surface area contributed by atoms with Crippen molar-refractivity contribution in [1.29, 1.82) is 0 Å². The molecule has 3 aromatic rings. The number of hydrogen-bond acceptors (Lipinski definition) is 7. The lowest BCUT2D eigenvalue weighted by atomic mass is 10.1. The van der Waals surface area contributed by atoms with Crippen molar-refractivity contribution in [3.8, 4) is 11.1 Å². The quantitative estimate of drug-likeness (QED) is 0.610. The van der Waals surface area contributed by atoms with Crippen LogP contribution in [0.1, 0.15) is 15.4 Å². The number of halogens is 2. The molecule has 146 valence electrons. The first-order chi connectivity index (χ1) is 11.8. The Morgan fingerprint density at radius 2 is 1.93 bits per heavy atom. The molecular weight excluding hydrogens is 435 g/mol. The fourth-order valence-corrected chi connectivity index (χ4v) is 4.77. The van der Waals surface area contributed by atoms with Crippen LogP contribution in [0.4, 0.5) is 0 Å². The fourth-order valence-electron chi connectivity index (χ4n) is 2.24. The number of aromatic carboxylic acids is 1. The molecule has 0 aliphatic carbocycles. The Bertz CT molecular complexity index is 1060. The Morgan fingerprint density at radius 3 is 2.44 bits per heavy atom. The number of benzene rings is 1. The largest absolute Gasteiger partial charge is 0.478 e. The lowest BCUT2D eigenvalue weighted by molar-refractivity contribution is 0.0696. The summed E-state index contributed by atoms with van der Waals surface area (Å²) in [5.41, 5.74) is 6.43. The van der Waals surface area contributed by atoms with Crippen molar-refractivity contribution in [3.63, 3.8) is 0 Å². The number of carboxylic acids is 1. The highest BCUT2D eigenvalue weighted by molar-refractivity contribution is 7.93. The third kappa shape index (κ3) is 4.66. The van der Waals surface area contributed by atoms with Gasteiger partial charge in [-0.25, -0.2) is 18.2 Å². The molecule has 0 radical (unpaired) electrons. The van der Waals surface area contributed by atoms with E-state index in [2.05, 4.69) is 10.1 Å². The molecule has 0 fully saturated rings. The van der Waals surface area contributed by atoms with Gasteiger partial charge in [-0.3, -0.25) is 4.68 Å². The summed E-state index contributed by atoms with van der Waals surface area (Å²) in [6.07, 6.45) is 4.45. The van der Waals surface area contributed by atoms with Crippen LogP contribution >= 0.6 is 36.2 Å². The third-order valence-electron chi connectivity index (χ3n) is 3.47. The van der Waals surface area contributed by atoms with Gasteiger partial charge in [0.1, 0.15) is 9.22 Å². The molecule has 0 saturated heterocycles. The van der Waals surface area contributed by atoms with E-state index in [1.165, 1.54) is 24.5 Å². The standard InChI is InChI=1S/C15H14N4O4S2.2ClH/c1-19-8-11(6-18-19)9-2-10(15(20)21)4-12(3-9)25(22,23)14-7-17-13(5-16)24-14;;/h2-4,6-8H,5,16H2,1H3,(H,20,21);2*1H. The van der Waals surface area contributed by atoms with Crippen LogP contribution in [0, 0.1) is 0 Å². The lowest BCUT2D eigenvalue weighted by Gasteiger charge is -2.07. The van der Waals surface area contributed by atoms with Crippen molar-refractivity contribution in [2.24, 2.45) is 12.8 Å². The minimum Gasteiger partial charge on any atom is -0.478 e. The van der Waals surface area contributed by atoms with Crippen LogP contribution in [0.15, 0.2) is 45.9 Å². The number of rotatable bonds is 5. The molecule has 12 heteroatoms. The number of carboxylic acid groups (broad SMARTS) is 1. The van der Waals surface area contributed by atoms with Crippen LogP contribution in [-0.2, 0) is 23.4 Å². The summed E-state index contributed by atoms with van der Waals surface area (Å²) in [4.78, 5) is 15.3. The first kappa shape index (κ1) is 23.1. The number of hydrogen-bond donors (Lipinski definition) is 2. The Morgan fingerprint density at radius 1 is 1.22 bits per heavy atom. The van der Waals surface area contributed by atoms with Crippen LogP contribution in [0.25, 0.3) is 11.1 Å². The smallest absolute Gasteiger partial charge is 0.335 e. The van der Waals surface area contributed by atoms with Gasteiger partial charge in [0.2, 0.25) is 9.84 Å². The van der Waals surface area contributed by atoms with Crippen molar-refractivity contribution in [2.75, 3.05) is 0 Å². The summed E-state index contributed by atoms with van der Waals surface area (Å²) in [5.74, 6) is -1.21. The normalized spacial score (nSPS) is 10.7. The molecule has 0 spiro atoms. The number of nitrogens with two attached hydrogens (primary N) is 1. The highest BCUT2D eigenvalue weighted by Crippen LogP contribution is 2.30. The van der Waals surface area contributed by atoms with E-state index in [0.29, 0.717) is 16.1 Å². The van der Waals surface area contributed by atoms with Crippen LogP contribution in [0.5, 0.6) is 0 Å². The average molecular weight is 451 g/mol. The van der Waals surface area contributed by atoms with Crippen LogP contribution in [-0.4, -0.2) is 34.3 Å². The summed E-state index contributed by atoms with van der Waals surface area (Å²) >= 11 is 0.967. The summed E-state index contributed by atoms with van der Waals surface area (Å²) in [6.45, 7) is 0.135. The summed E-state index contributed by atoms with van der Waals surface area (Å²) in [7, 11) is -2.18. The van der Waals surface area contributed by atoms with E-state index in [-0.39, 0.29) is 46.0 Å². The highest BCUT2D eigenvalue weighted by atomic mass is 35.5. The zero-order valence-electron chi connectivity index (χ0n) is 13.9. The van der Waals surface area contributed by atoms with Gasteiger partial charge in [0.05, 0.1) is 22.9 Å². The molecule has 0 amide bonds. The average Bonchev–Trinajstić information content (AvgIpc) is 3.23. The van der Waals surface area contributed by atoms with Crippen LogP contribution in [0.3, 0.4) is 0 Å². The van der Waals surface area contributed by atoms with E-state index in [0.717, 1.165) is 17.4 Å². The molecular formula is C15H16Cl2N4O4S2. The van der Waals surface area contributed by atoms with E-state index in [4.69, 9.17) is 5.73 Å². The van der Waals surface area contributed by atoms with Crippen molar-refractivity contribution in [2.45, 2.75) is 15.6 Å². The summed E-state index contributed by atoms with van der Waals surface area (Å²) in [6, 6.07) is 3.98. The van der Waals surface area contributed by atoms with E-state index >= 15 is 0 Å². The Kier molecular flexibility index (Phi) is 7.52. The maximum Gasteiger partial charge on any atom is 0.335 e. The van der Waals surface area contributed by atoms with Gasteiger partial charge in [-0.2, -0.15) is 5.10 Å². The monoisotopic (exact) mass is 450 g/mol. The minimum absolute atomic E-state index is 0. The summed E-state index contributed by atoms with van der Waals surface area (Å²) < 4.78 is 27.3. The SMILES string of the molecule is Cl.Cl.Cn1cc(-c2cc(C(=O)O)cc(S(=O)(=O)c3cnc(CN)s3)c2)cn1. The molecule has 0 saturated carbocycles. The molecule has 2 heterocycles. The van der Waals surface area contributed by atoms with Crippen molar-refractivity contribution < 1.29 is 18.3 Å². The van der Waals surface area contributed by atoms with Crippen molar-refractivity contribution in [3.05, 3.63) is 47.4 Å². The van der Waals surface area contributed by atoms with E-state index in [1.807, 2.05) is 0 Å². The minimum atomic E-state index is -3.90. The van der Waals surface area contributed by atoms with Gasteiger partial charge in [-0.15, -0.1) is 36.2 Å². The van der Waals surface area contributed by atoms with Gasteiger partial charge in [0.25, 0.3) is 0 Å². The molecule has 3 N–H and O–H groups in total. The molecule has 27 heavy (non-hydrogen) atoms. The second-order valence-corrected chi connectivity index (χ2v) is 8.53. The molecule has 2 aromatic heterocycles. The molecule has 0 aliphatic heterocycles. The Hall–Kier alpha value is -1.98. The maximum absolute atomic E-state index is 12.8. The van der Waals surface area contributed by atoms with Gasteiger partial charge in [-0.1, -0.05) is 0 Å². The van der Waals surface area contributed by atoms with E-state index in [9.17, 15) is 18.3 Å². The molecule has 0 bridgehead atoms. The molecule has 0 unspecified atom stereocenters. The number of aryl methyl sites for hydroxylation is 1. The van der Waals surface area contributed by atoms with E-state index < -0.39 is 15.8 Å². The third-order valence-corrected chi connectivity index (χ3v) is 6.69. The predicted molar refractivity (Wildman–Crippen MR) is 106 cm³/mol. The second-order valence-electron chi connectivity index (χ2n) is 5.23. The first-order valence-electron chi connectivity index (χ1n) is 7.08. The van der Waals surface area contributed by atoms with Gasteiger partial charge in [0, 0.05) is 25.4 Å². The Labute approximate surface area is 171 Å². The number of carbonyl (C=O) groups is 1. The first-order valence-corrected chi connectivity index (χ1v) is 9.38. The fraction of sp³-hybridized carbons (Fsp3) is 0.133. The zero-order chi connectivity index (χ0) is 18.2. The molecule has 8 nitrogen and oxygen atoms in total. The molecule has 0 atom stereocenters. The van der Waals surface area contributed by atoms with E-state index in [1.54, 1.807) is 17.9 Å². The molecule has 1 aromatic carbocycles. The van der Waals surface area contributed by atoms with Crippen molar-refractivity contribution in [1.82, 2.24) is 14.8 Å². The Balaban J connectivity index is 0.00000182. The predicted octanol–water partition coefficient (Wildman–Crippen LogP) is 2.38. The van der Waals surface area contributed by atoms with Gasteiger partial charge in [0.15, 0.2) is 0 Å². The number of sulfone groups is 1. The topological polar surface area (TPSA) is 128 Å². The van der Waals surface area contributed by atoms with Crippen molar-refractivity contribution >= 4 is 52.0 Å². The van der Waals surface area contributed by atoms with Crippen LogP contribution in [0.2, 0.25) is 0 Å². The lowest BCUT2D eigenvalue weighted by Crippen LogP contribution is -2.04. The molecule has 3 rings (SSSR count). The van der Waals surface area contributed by atoms with Crippen LogP contribution < -0.4 is 5.73 Å².